The molecule has 0 bridgehead atoms. The molecule has 0 fully saturated rings. The number of carbonyl (C=O) groups is 2. The summed E-state index contributed by atoms with van der Waals surface area (Å²) in [6.07, 6.45) is -4.65. The summed E-state index contributed by atoms with van der Waals surface area (Å²) in [6.45, 7) is -2.49. The molecule has 0 aliphatic carbocycles. The lowest BCUT2D eigenvalue weighted by atomic mass is 10.1. The first-order valence-electron chi connectivity index (χ1n) is 5.23. The number of hydrogen-bond donors (Lipinski definition) is 2. The third-order valence-electron chi connectivity index (χ3n) is 2.27. The number of hydrogen-bond acceptors (Lipinski definition) is 3. The fourth-order valence-corrected chi connectivity index (χ4v) is 1.89. The number of rotatable bonds is 5. The third-order valence-corrected chi connectivity index (χ3v) is 2.59. The summed E-state index contributed by atoms with van der Waals surface area (Å²) in [4.78, 5) is 22.4. The van der Waals surface area contributed by atoms with Gasteiger partial charge in [-0.2, -0.15) is 13.2 Å². The fourth-order valence-electron chi connectivity index (χ4n) is 1.63. The molecule has 0 aliphatic rings. The van der Waals surface area contributed by atoms with E-state index in [-0.39, 0.29) is 16.3 Å². The molecule has 0 unspecified atom stereocenters. The van der Waals surface area contributed by atoms with Crippen molar-refractivity contribution in [2.24, 2.45) is 5.73 Å². The monoisotopic (exact) mass is 310 g/mol. The number of alkyl halides is 3. The Labute approximate surface area is 116 Å². The molecule has 1 aromatic rings. The normalized spacial score (nSPS) is 11.2. The zero-order valence-corrected chi connectivity index (χ0v) is 10.7. The highest BCUT2D eigenvalue weighted by Crippen LogP contribution is 2.29. The minimum absolute atomic E-state index is 0.146. The molecular formula is C11H10ClF3N2O3. The van der Waals surface area contributed by atoms with Gasteiger partial charge in [-0.1, -0.05) is 17.7 Å². The molecule has 0 radical (unpaired) electrons. The van der Waals surface area contributed by atoms with Gasteiger partial charge in [-0.15, -0.1) is 0 Å². The van der Waals surface area contributed by atoms with E-state index in [1.165, 1.54) is 12.1 Å². The molecule has 1 rings (SSSR count). The Balaban J connectivity index is 3.30. The fraction of sp³-hybridized carbons (Fsp3) is 0.273. The van der Waals surface area contributed by atoms with E-state index in [2.05, 4.69) is 0 Å². The average Bonchev–Trinajstić information content (AvgIpc) is 2.24. The number of benzene rings is 1. The van der Waals surface area contributed by atoms with Gasteiger partial charge >= 0.3 is 12.1 Å². The van der Waals surface area contributed by atoms with E-state index in [1.54, 1.807) is 0 Å². The van der Waals surface area contributed by atoms with Crippen LogP contribution >= 0.6 is 11.6 Å². The second-order valence-corrected chi connectivity index (χ2v) is 4.27. The second-order valence-electron chi connectivity index (χ2n) is 3.86. The largest absolute Gasteiger partial charge is 0.480 e. The van der Waals surface area contributed by atoms with Crippen molar-refractivity contribution in [3.63, 3.8) is 0 Å². The summed E-state index contributed by atoms with van der Waals surface area (Å²) in [5.74, 6) is -2.52. The van der Waals surface area contributed by atoms with Gasteiger partial charge in [-0.05, 0) is 12.1 Å². The van der Waals surface area contributed by atoms with Crippen molar-refractivity contribution in [3.05, 3.63) is 28.8 Å². The lowest BCUT2D eigenvalue weighted by Crippen LogP contribution is -2.39. The first-order chi connectivity index (χ1) is 9.11. The summed E-state index contributed by atoms with van der Waals surface area (Å²) in [5.41, 5.74) is 4.45. The quantitative estimate of drug-likeness (QED) is 0.870. The molecule has 1 aromatic carbocycles. The van der Waals surface area contributed by atoms with E-state index in [4.69, 9.17) is 22.4 Å². The van der Waals surface area contributed by atoms with Crippen LogP contribution in [-0.2, 0) is 4.79 Å². The molecule has 110 valence electrons. The van der Waals surface area contributed by atoms with Gasteiger partial charge in [0, 0.05) is 0 Å². The van der Waals surface area contributed by atoms with Crippen LogP contribution in [0.4, 0.5) is 18.9 Å². The standard InChI is InChI=1S/C11H10ClF3N2O3/c12-6-2-1-3-7(9(6)10(16)20)17(4-8(18)19)5-11(13,14)15/h1-3H,4-5H2,(H2,16,20)(H,18,19). The van der Waals surface area contributed by atoms with Gasteiger partial charge < -0.3 is 15.7 Å². The Morgan fingerprint density at radius 3 is 2.40 bits per heavy atom. The van der Waals surface area contributed by atoms with Crippen LogP contribution in [0.3, 0.4) is 0 Å². The van der Waals surface area contributed by atoms with Crippen LogP contribution in [0.2, 0.25) is 5.02 Å². The average molecular weight is 311 g/mol. The topological polar surface area (TPSA) is 83.6 Å². The van der Waals surface area contributed by atoms with Gasteiger partial charge in [0.05, 0.1) is 16.3 Å². The van der Waals surface area contributed by atoms with E-state index in [0.29, 0.717) is 4.90 Å². The Hall–Kier alpha value is -1.96. The number of nitrogens with zero attached hydrogens (tertiary/aromatic N) is 1. The van der Waals surface area contributed by atoms with Crippen molar-refractivity contribution in [1.29, 1.82) is 0 Å². The SMILES string of the molecule is NC(=O)c1c(Cl)cccc1N(CC(=O)O)CC(F)(F)F. The van der Waals surface area contributed by atoms with Crippen molar-refractivity contribution >= 4 is 29.2 Å². The van der Waals surface area contributed by atoms with Crippen LogP contribution in [0.15, 0.2) is 18.2 Å². The van der Waals surface area contributed by atoms with E-state index >= 15 is 0 Å². The number of carboxylic acid groups (broad SMARTS) is 1. The number of aliphatic carboxylic acids is 1. The molecule has 1 amide bonds. The smallest absolute Gasteiger partial charge is 0.405 e. The van der Waals surface area contributed by atoms with Crippen LogP contribution in [0.1, 0.15) is 10.4 Å². The summed E-state index contributed by atoms with van der Waals surface area (Å²) >= 11 is 5.72. The third kappa shape index (κ3) is 4.30. The summed E-state index contributed by atoms with van der Waals surface area (Å²) in [7, 11) is 0. The lowest BCUT2D eigenvalue weighted by molar-refractivity contribution is -0.136. The van der Waals surface area contributed by atoms with Crippen molar-refractivity contribution in [2.75, 3.05) is 18.0 Å². The predicted octanol–water partition coefficient (Wildman–Crippen LogP) is 1.89. The molecule has 0 aromatic heterocycles. The maximum atomic E-state index is 12.5. The van der Waals surface area contributed by atoms with E-state index < -0.39 is 31.1 Å². The molecule has 20 heavy (non-hydrogen) atoms. The number of halogens is 4. The minimum atomic E-state index is -4.65. The first kappa shape index (κ1) is 16.1. The van der Waals surface area contributed by atoms with Crippen LogP contribution in [0, 0.1) is 0 Å². The first-order valence-corrected chi connectivity index (χ1v) is 5.61. The number of carbonyl (C=O) groups excluding carboxylic acids is 1. The Bertz CT molecular complexity index is 534. The van der Waals surface area contributed by atoms with Crippen molar-refractivity contribution in [3.8, 4) is 0 Å². The van der Waals surface area contributed by atoms with Gasteiger partial charge in [-0.25, -0.2) is 0 Å². The number of amides is 1. The van der Waals surface area contributed by atoms with Crippen LogP contribution in [-0.4, -0.2) is 36.2 Å². The van der Waals surface area contributed by atoms with Gasteiger partial charge in [0.2, 0.25) is 0 Å². The molecule has 0 heterocycles. The molecule has 0 aliphatic heterocycles. The van der Waals surface area contributed by atoms with Crippen molar-refractivity contribution in [2.45, 2.75) is 6.18 Å². The summed E-state index contributed by atoms with van der Waals surface area (Å²) in [6, 6.07) is 3.73. The molecule has 0 saturated heterocycles. The van der Waals surface area contributed by atoms with Gasteiger partial charge in [0.1, 0.15) is 13.1 Å². The number of carboxylic acids is 1. The highest BCUT2D eigenvalue weighted by molar-refractivity contribution is 6.34. The van der Waals surface area contributed by atoms with E-state index in [9.17, 15) is 22.8 Å². The highest BCUT2D eigenvalue weighted by atomic mass is 35.5. The molecule has 9 heteroatoms. The number of nitrogens with two attached hydrogens (primary N) is 1. The Kier molecular flexibility index (Phi) is 4.83. The van der Waals surface area contributed by atoms with Crippen LogP contribution in [0.5, 0.6) is 0 Å². The maximum Gasteiger partial charge on any atom is 0.405 e. The highest BCUT2D eigenvalue weighted by Gasteiger charge is 2.33. The Morgan fingerprint density at radius 1 is 1.35 bits per heavy atom. The molecule has 0 saturated carbocycles. The number of anilines is 1. The van der Waals surface area contributed by atoms with Gasteiger partial charge in [-0.3, -0.25) is 9.59 Å². The van der Waals surface area contributed by atoms with Crippen LogP contribution in [0.25, 0.3) is 0 Å². The summed E-state index contributed by atoms with van der Waals surface area (Å²) in [5, 5.41) is 8.54. The Morgan fingerprint density at radius 2 is 1.95 bits per heavy atom. The molecule has 0 spiro atoms. The van der Waals surface area contributed by atoms with Gasteiger partial charge in [0.15, 0.2) is 0 Å². The molecule has 3 N–H and O–H groups in total. The molecular weight excluding hydrogens is 301 g/mol. The molecule has 0 atom stereocenters. The zero-order chi connectivity index (χ0) is 15.5. The number of primary amides is 1. The van der Waals surface area contributed by atoms with Gasteiger partial charge in [0.25, 0.3) is 5.91 Å². The zero-order valence-electron chi connectivity index (χ0n) is 9.95. The van der Waals surface area contributed by atoms with Crippen molar-refractivity contribution in [1.82, 2.24) is 0 Å². The minimum Gasteiger partial charge on any atom is -0.480 e. The van der Waals surface area contributed by atoms with E-state index in [1.807, 2.05) is 0 Å². The second kappa shape index (κ2) is 6.00. The maximum absolute atomic E-state index is 12.5. The predicted molar refractivity (Wildman–Crippen MR) is 65.9 cm³/mol. The molecule has 5 nitrogen and oxygen atoms in total. The van der Waals surface area contributed by atoms with Crippen molar-refractivity contribution < 1.29 is 27.9 Å². The lowest BCUT2D eigenvalue weighted by Gasteiger charge is -2.26. The summed E-state index contributed by atoms with van der Waals surface area (Å²) < 4.78 is 37.5. The van der Waals surface area contributed by atoms with Crippen LogP contribution < -0.4 is 10.6 Å². The van der Waals surface area contributed by atoms with E-state index in [0.717, 1.165) is 6.07 Å².